The molecule has 0 unspecified atom stereocenters. The third-order valence-corrected chi connectivity index (χ3v) is 5.82. The molecule has 2 aromatic carbocycles. The monoisotopic (exact) mass is 491 g/mol. The molecule has 4 aromatic rings. The van der Waals surface area contributed by atoms with Gasteiger partial charge < -0.3 is 10.4 Å². The summed E-state index contributed by atoms with van der Waals surface area (Å²) in [5.41, 5.74) is -1.39. The van der Waals surface area contributed by atoms with Gasteiger partial charge in [-0.2, -0.15) is 13.2 Å². The molecule has 0 spiro atoms. The number of alkyl halides is 3. The van der Waals surface area contributed by atoms with Gasteiger partial charge in [0.15, 0.2) is 11.4 Å². The average molecular weight is 492 g/mol. The zero-order valence-corrected chi connectivity index (χ0v) is 18.0. The van der Waals surface area contributed by atoms with Crippen molar-refractivity contribution in [3.63, 3.8) is 0 Å². The standard InChI is InChI=1S/C22H13ClF3N3O3S/c23-13-8-6-12(7-9-13)15-10-33-20(16(15)21(31)32)28-19(30)17-18(22(24,25)26)29(11-27-17)14-4-2-1-3-5-14/h1-11H,(H,28,30)(H,31,32). The second-order valence-corrected chi connectivity index (χ2v) is 8.08. The number of nitrogens with zero attached hydrogens (tertiary/aromatic N) is 2. The van der Waals surface area contributed by atoms with Crippen molar-refractivity contribution in [1.29, 1.82) is 0 Å². The van der Waals surface area contributed by atoms with E-state index in [-0.39, 0.29) is 16.3 Å². The van der Waals surface area contributed by atoms with E-state index in [1.54, 1.807) is 42.5 Å². The van der Waals surface area contributed by atoms with Crippen molar-refractivity contribution < 1.29 is 27.9 Å². The smallest absolute Gasteiger partial charge is 0.434 e. The maximum atomic E-state index is 13.8. The minimum Gasteiger partial charge on any atom is -0.478 e. The highest BCUT2D eigenvalue weighted by molar-refractivity contribution is 7.15. The Kier molecular flexibility index (Phi) is 5.96. The second kappa shape index (κ2) is 8.72. The fourth-order valence-corrected chi connectivity index (χ4v) is 4.32. The van der Waals surface area contributed by atoms with E-state index >= 15 is 0 Å². The van der Waals surface area contributed by atoms with Crippen molar-refractivity contribution in [2.24, 2.45) is 0 Å². The number of aromatic carboxylic acids is 1. The molecule has 6 nitrogen and oxygen atoms in total. The van der Waals surface area contributed by atoms with Crippen molar-refractivity contribution >= 4 is 39.8 Å². The number of hydrogen-bond acceptors (Lipinski definition) is 4. The van der Waals surface area contributed by atoms with Gasteiger partial charge in [-0.1, -0.05) is 41.9 Å². The van der Waals surface area contributed by atoms with E-state index in [9.17, 15) is 27.9 Å². The van der Waals surface area contributed by atoms with Crippen molar-refractivity contribution in [1.82, 2.24) is 9.55 Å². The lowest BCUT2D eigenvalue weighted by Crippen LogP contribution is -2.21. The number of carboxylic acid groups (broad SMARTS) is 1. The number of carbonyl (C=O) groups is 2. The van der Waals surface area contributed by atoms with E-state index in [0.717, 1.165) is 22.2 Å². The fraction of sp³-hybridized carbons (Fsp3) is 0.0455. The number of amides is 1. The number of para-hydroxylation sites is 1. The average Bonchev–Trinajstić information content (AvgIpc) is 3.40. The van der Waals surface area contributed by atoms with Gasteiger partial charge in [-0.15, -0.1) is 11.3 Å². The first-order valence-corrected chi connectivity index (χ1v) is 10.5. The molecular formula is C22H13ClF3N3O3S. The van der Waals surface area contributed by atoms with Gasteiger partial charge in [0.25, 0.3) is 5.91 Å². The summed E-state index contributed by atoms with van der Waals surface area (Å²) in [5.74, 6) is -2.52. The van der Waals surface area contributed by atoms with Crippen molar-refractivity contribution in [2.75, 3.05) is 5.32 Å². The summed E-state index contributed by atoms with van der Waals surface area (Å²) in [6, 6.07) is 14.0. The van der Waals surface area contributed by atoms with Crippen LogP contribution in [0.4, 0.5) is 18.2 Å². The van der Waals surface area contributed by atoms with Crippen LogP contribution < -0.4 is 5.32 Å². The second-order valence-electron chi connectivity index (χ2n) is 6.76. The third kappa shape index (κ3) is 4.48. The van der Waals surface area contributed by atoms with Crippen LogP contribution in [0.15, 0.2) is 66.3 Å². The number of halogens is 4. The van der Waals surface area contributed by atoms with Crippen LogP contribution in [0.3, 0.4) is 0 Å². The van der Waals surface area contributed by atoms with Gasteiger partial charge >= 0.3 is 12.1 Å². The molecule has 0 aliphatic carbocycles. The van der Waals surface area contributed by atoms with Crippen LogP contribution in [-0.2, 0) is 6.18 Å². The van der Waals surface area contributed by atoms with Gasteiger partial charge in [0.05, 0.1) is 0 Å². The van der Waals surface area contributed by atoms with Crippen LogP contribution in [0.2, 0.25) is 5.02 Å². The van der Waals surface area contributed by atoms with Gasteiger partial charge in [0.2, 0.25) is 0 Å². The largest absolute Gasteiger partial charge is 0.478 e. The van der Waals surface area contributed by atoms with Crippen molar-refractivity contribution in [3.8, 4) is 16.8 Å². The maximum absolute atomic E-state index is 13.8. The predicted molar refractivity (Wildman–Crippen MR) is 118 cm³/mol. The molecule has 33 heavy (non-hydrogen) atoms. The van der Waals surface area contributed by atoms with Crippen LogP contribution in [0, 0.1) is 0 Å². The van der Waals surface area contributed by atoms with E-state index in [2.05, 4.69) is 10.3 Å². The molecule has 168 valence electrons. The van der Waals surface area contributed by atoms with E-state index in [1.807, 2.05) is 0 Å². The molecule has 0 atom stereocenters. The zero-order valence-electron chi connectivity index (χ0n) is 16.4. The number of anilines is 1. The Balaban J connectivity index is 1.73. The molecule has 0 radical (unpaired) electrons. The van der Waals surface area contributed by atoms with Gasteiger partial charge in [0, 0.05) is 21.7 Å². The van der Waals surface area contributed by atoms with Gasteiger partial charge in [-0.05, 0) is 29.8 Å². The minimum atomic E-state index is -4.89. The van der Waals surface area contributed by atoms with Gasteiger partial charge in [-0.25, -0.2) is 9.78 Å². The summed E-state index contributed by atoms with van der Waals surface area (Å²) in [7, 11) is 0. The quantitative estimate of drug-likeness (QED) is 0.347. The molecule has 0 fully saturated rings. The Morgan fingerprint density at radius 1 is 1.06 bits per heavy atom. The Bertz CT molecular complexity index is 1330. The fourth-order valence-electron chi connectivity index (χ4n) is 3.24. The molecule has 2 aromatic heterocycles. The van der Waals surface area contributed by atoms with Crippen LogP contribution in [0.5, 0.6) is 0 Å². The molecule has 0 aliphatic heterocycles. The summed E-state index contributed by atoms with van der Waals surface area (Å²) >= 11 is 6.75. The number of nitrogens with one attached hydrogen (secondary N) is 1. The molecular weight excluding hydrogens is 479 g/mol. The molecule has 1 amide bonds. The molecule has 0 saturated heterocycles. The normalized spacial score (nSPS) is 11.4. The highest BCUT2D eigenvalue weighted by atomic mass is 35.5. The Labute approximate surface area is 193 Å². The Morgan fingerprint density at radius 2 is 1.73 bits per heavy atom. The molecule has 11 heteroatoms. The lowest BCUT2D eigenvalue weighted by atomic mass is 10.0. The lowest BCUT2D eigenvalue weighted by Gasteiger charge is -2.13. The van der Waals surface area contributed by atoms with Crippen LogP contribution in [0.1, 0.15) is 26.5 Å². The van der Waals surface area contributed by atoms with Crippen LogP contribution in [0.25, 0.3) is 16.8 Å². The van der Waals surface area contributed by atoms with Crippen molar-refractivity contribution in [3.05, 3.63) is 88.3 Å². The Morgan fingerprint density at radius 3 is 2.33 bits per heavy atom. The number of aromatic nitrogens is 2. The highest BCUT2D eigenvalue weighted by Gasteiger charge is 2.41. The SMILES string of the molecule is O=C(Nc1scc(-c2ccc(Cl)cc2)c1C(=O)O)c1ncn(-c2ccccc2)c1C(F)(F)F. The number of thiophene rings is 1. The van der Waals surface area contributed by atoms with Gasteiger partial charge in [0.1, 0.15) is 16.9 Å². The third-order valence-electron chi connectivity index (χ3n) is 4.67. The summed E-state index contributed by atoms with van der Waals surface area (Å²) < 4.78 is 42.3. The number of imidazole rings is 1. The summed E-state index contributed by atoms with van der Waals surface area (Å²) in [6.07, 6.45) is -3.99. The number of rotatable bonds is 5. The predicted octanol–water partition coefficient (Wildman–Crippen LogP) is 6.22. The molecule has 2 N–H and O–H groups in total. The molecule has 0 bridgehead atoms. The summed E-state index contributed by atoms with van der Waals surface area (Å²) in [6.45, 7) is 0. The molecule has 4 rings (SSSR count). The van der Waals surface area contributed by atoms with E-state index < -0.39 is 29.4 Å². The molecule has 2 heterocycles. The first-order valence-electron chi connectivity index (χ1n) is 9.29. The first-order chi connectivity index (χ1) is 15.7. The molecule has 0 saturated carbocycles. The highest BCUT2D eigenvalue weighted by Crippen LogP contribution is 2.38. The topological polar surface area (TPSA) is 84.2 Å². The lowest BCUT2D eigenvalue weighted by molar-refractivity contribution is -0.142. The van der Waals surface area contributed by atoms with E-state index in [0.29, 0.717) is 16.1 Å². The van der Waals surface area contributed by atoms with Crippen LogP contribution >= 0.6 is 22.9 Å². The zero-order chi connectivity index (χ0) is 23.8. The van der Waals surface area contributed by atoms with Crippen LogP contribution in [-0.4, -0.2) is 26.5 Å². The van der Waals surface area contributed by atoms with E-state index in [4.69, 9.17) is 11.6 Å². The summed E-state index contributed by atoms with van der Waals surface area (Å²) in [4.78, 5) is 28.4. The minimum absolute atomic E-state index is 0.111. The number of carboxylic acids is 1. The van der Waals surface area contributed by atoms with E-state index in [1.165, 1.54) is 17.5 Å². The Hall–Kier alpha value is -3.63. The number of hydrogen-bond donors (Lipinski definition) is 2. The van der Waals surface area contributed by atoms with Gasteiger partial charge in [-0.3, -0.25) is 9.36 Å². The van der Waals surface area contributed by atoms with Crippen molar-refractivity contribution in [2.45, 2.75) is 6.18 Å². The maximum Gasteiger partial charge on any atom is 0.434 e. The number of carbonyl (C=O) groups excluding carboxylic acids is 1. The summed E-state index contributed by atoms with van der Waals surface area (Å²) in [5, 5.41) is 13.8. The first kappa shape index (κ1) is 22.6. The number of benzene rings is 2. The molecule has 0 aliphatic rings.